The van der Waals surface area contributed by atoms with Crippen LogP contribution in [0, 0.1) is 0 Å². The molecule has 148 valence electrons. The lowest BCUT2D eigenvalue weighted by atomic mass is 10.2. The second-order valence-electron chi connectivity index (χ2n) is 6.82. The average molecular weight is 451 g/mol. The van der Waals surface area contributed by atoms with E-state index >= 15 is 0 Å². The molecule has 5 aromatic rings. The normalized spacial score (nSPS) is 11.7. The number of fused-ring (bicyclic) bond motifs is 2. The number of hydrazone groups is 1. The molecule has 0 fully saturated rings. The summed E-state index contributed by atoms with van der Waals surface area (Å²) in [6.07, 6.45) is 3.91. The van der Waals surface area contributed by atoms with E-state index in [9.17, 15) is 0 Å². The van der Waals surface area contributed by atoms with Crippen molar-refractivity contribution in [3.05, 3.63) is 94.1 Å². The Morgan fingerprint density at radius 1 is 1.03 bits per heavy atom. The van der Waals surface area contributed by atoms with Gasteiger partial charge >= 0.3 is 0 Å². The van der Waals surface area contributed by atoms with Gasteiger partial charge in [0, 0.05) is 39.3 Å². The Labute approximate surface area is 187 Å². The Morgan fingerprint density at radius 2 is 1.87 bits per heavy atom. The summed E-state index contributed by atoms with van der Waals surface area (Å²) in [5.74, 6) is 0. The maximum atomic E-state index is 6.38. The van der Waals surface area contributed by atoms with Crippen LogP contribution in [0.3, 0.4) is 0 Å². The molecule has 0 aliphatic carbocycles. The lowest BCUT2D eigenvalue weighted by Gasteiger charge is -2.08. The Balaban J connectivity index is 1.43. The van der Waals surface area contributed by atoms with Gasteiger partial charge < -0.3 is 4.57 Å². The van der Waals surface area contributed by atoms with E-state index in [0.29, 0.717) is 16.6 Å². The molecule has 5 rings (SSSR count). The van der Waals surface area contributed by atoms with E-state index in [4.69, 9.17) is 23.2 Å². The lowest BCUT2D eigenvalue weighted by molar-refractivity contribution is 0.836. The van der Waals surface area contributed by atoms with Crippen molar-refractivity contribution >= 4 is 67.0 Å². The van der Waals surface area contributed by atoms with E-state index in [2.05, 4.69) is 44.5 Å². The monoisotopic (exact) mass is 450 g/mol. The highest BCUT2D eigenvalue weighted by molar-refractivity contribution is 7.22. The Bertz CT molecular complexity index is 1350. The topological polar surface area (TPSA) is 42.2 Å². The summed E-state index contributed by atoms with van der Waals surface area (Å²) in [6.45, 7) is 0.648. The zero-order valence-electron chi connectivity index (χ0n) is 15.7. The van der Waals surface area contributed by atoms with Crippen LogP contribution in [0.1, 0.15) is 11.1 Å². The van der Waals surface area contributed by atoms with Gasteiger partial charge in [-0.3, -0.25) is 5.43 Å². The molecule has 0 amide bonds. The quantitative estimate of drug-likeness (QED) is 0.230. The van der Waals surface area contributed by atoms with Crippen LogP contribution in [0.2, 0.25) is 10.0 Å². The second-order valence-corrected chi connectivity index (χ2v) is 8.70. The molecule has 0 atom stereocenters. The number of thiazole rings is 1. The number of nitrogens with zero attached hydrogens (tertiary/aromatic N) is 3. The maximum Gasteiger partial charge on any atom is 0.204 e. The summed E-state index contributed by atoms with van der Waals surface area (Å²) in [6, 6.07) is 21.9. The van der Waals surface area contributed by atoms with E-state index < -0.39 is 0 Å². The van der Waals surface area contributed by atoms with Crippen LogP contribution in [-0.2, 0) is 6.54 Å². The first-order valence-electron chi connectivity index (χ1n) is 9.34. The van der Waals surface area contributed by atoms with Crippen LogP contribution in [0.15, 0.2) is 78.0 Å². The molecule has 2 aromatic heterocycles. The van der Waals surface area contributed by atoms with Crippen molar-refractivity contribution in [3.63, 3.8) is 0 Å². The van der Waals surface area contributed by atoms with Gasteiger partial charge in [0.2, 0.25) is 5.13 Å². The van der Waals surface area contributed by atoms with Gasteiger partial charge in [-0.05, 0) is 35.9 Å². The Hall–Kier alpha value is -2.86. The molecular formula is C23H16Cl2N4S. The number of aromatic nitrogens is 2. The molecule has 3 aromatic carbocycles. The largest absolute Gasteiger partial charge is 0.342 e. The highest BCUT2D eigenvalue weighted by Crippen LogP contribution is 2.27. The van der Waals surface area contributed by atoms with E-state index in [-0.39, 0.29) is 0 Å². The summed E-state index contributed by atoms with van der Waals surface area (Å²) in [5.41, 5.74) is 7.17. The number of hydrogen-bond donors (Lipinski definition) is 1. The van der Waals surface area contributed by atoms with Crippen molar-refractivity contribution in [3.8, 4) is 0 Å². The van der Waals surface area contributed by atoms with Crippen molar-refractivity contribution in [2.45, 2.75) is 6.54 Å². The zero-order valence-corrected chi connectivity index (χ0v) is 18.0. The minimum absolute atomic E-state index is 0.634. The lowest BCUT2D eigenvalue weighted by Crippen LogP contribution is -1.98. The second kappa shape index (κ2) is 8.11. The molecular weight excluding hydrogens is 435 g/mol. The van der Waals surface area contributed by atoms with Crippen LogP contribution in [0.4, 0.5) is 5.13 Å². The van der Waals surface area contributed by atoms with E-state index in [0.717, 1.165) is 37.4 Å². The van der Waals surface area contributed by atoms with Crippen LogP contribution in [-0.4, -0.2) is 15.8 Å². The molecule has 0 aliphatic heterocycles. The first-order chi connectivity index (χ1) is 14.7. The summed E-state index contributed by atoms with van der Waals surface area (Å²) < 4.78 is 3.30. The Kier molecular flexibility index (Phi) is 5.17. The minimum atomic E-state index is 0.634. The van der Waals surface area contributed by atoms with Crippen molar-refractivity contribution in [2.24, 2.45) is 5.10 Å². The molecule has 0 bridgehead atoms. The fourth-order valence-corrected chi connectivity index (χ4v) is 4.70. The standard InChI is InChI=1S/C23H16Cl2N4S/c24-17-10-9-15(19(25)11-17)13-29-14-16(18-5-1-3-7-21(18)29)12-26-28-23-27-20-6-2-4-8-22(20)30-23/h1-12,14H,13H2,(H,27,28)/b26-12+. The smallest absolute Gasteiger partial charge is 0.204 e. The van der Waals surface area contributed by atoms with Gasteiger partial charge in [0.25, 0.3) is 0 Å². The van der Waals surface area contributed by atoms with Gasteiger partial charge in [-0.15, -0.1) is 0 Å². The minimum Gasteiger partial charge on any atom is -0.342 e. The van der Waals surface area contributed by atoms with Gasteiger partial charge in [-0.2, -0.15) is 5.10 Å². The summed E-state index contributed by atoms with van der Waals surface area (Å²) >= 11 is 14.0. The van der Waals surface area contributed by atoms with Crippen molar-refractivity contribution in [2.75, 3.05) is 5.43 Å². The molecule has 30 heavy (non-hydrogen) atoms. The summed E-state index contributed by atoms with van der Waals surface area (Å²) in [7, 11) is 0. The fraction of sp³-hybridized carbons (Fsp3) is 0.0435. The van der Waals surface area contributed by atoms with Crippen LogP contribution in [0.25, 0.3) is 21.1 Å². The number of para-hydroxylation sites is 2. The number of nitrogens with one attached hydrogen (secondary N) is 1. The number of rotatable bonds is 5. The van der Waals surface area contributed by atoms with Gasteiger partial charge in [0.1, 0.15) is 0 Å². The molecule has 0 spiro atoms. The number of hydrogen-bond acceptors (Lipinski definition) is 4. The SMILES string of the molecule is Clc1ccc(Cn2cc(/C=N/Nc3nc4ccccc4s3)c3ccccc32)c(Cl)c1. The van der Waals surface area contributed by atoms with Gasteiger partial charge in [-0.1, -0.05) is 70.9 Å². The molecule has 7 heteroatoms. The Morgan fingerprint density at radius 3 is 2.73 bits per heavy atom. The summed E-state index contributed by atoms with van der Waals surface area (Å²) in [5, 5.41) is 7.61. The first-order valence-corrected chi connectivity index (χ1v) is 10.9. The zero-order chi connectivity index (χ0) is 20.5. The van der Waals surface area contributed by atoms with Crippen molar-refractivity contribution in [1.29, 1.82) is 0 Å². The highest BCUT2D eigenvalue weighted by atomic mass is 35.5. The highest BCUT2D eigenvalue weighted by Gasteiger charge is 2.09. The maximum absolute atomic E-state index is 6.38. The first kappa shape index (κ1) is 19.1. The van der Waals surface area contributed by atoms with Crippen LogP contribution in [0.5, 0.6) is 0 Å². The van der Waals surface area contributed by atoms with Crippen LogP contribution < -0.4 is 5.43 Å². The predicted molar refractivity (Wildman–Crippen MR) is 128 cm³/mol. The van der Waals surface area contributed by atoms with Crippen molar-refractivity contribution < 1.29 is 0 Å². The van der Waals surface area contributed by atoms with E-state index in [1.807, 2.05) is 48.7 Å². The van der Waals surface area contributed by atoms with E-state index in [1.54, 1.807) is 17.4 Å². The van der Waals surface area contributed by atoms with Gasteiger partial charge in [0.15, 0.2) is 0 Å². The molecule has 0 saturated heterocycles. The molecule has 0 saturated carbocycles. The average Bonchev–Trinajstić information content (AvgIpc) is 3.31. The fourth-order valence-electron chi connectivity index (χ4n) is 3.42. The molecule has 2 heterocycles. The third-order valence-electron chi connectivity index (χ3n) is 4.83. The van der Waals surface area contributed by atoms with E-state index in [1.165, 1.54) is 0 Å². The number of benzene rings is 3. The third-order valence-corrected chi connectivity index (χ3v) is 6.36. The molecule has 0 unspecified atom stereocenters. The summed E-state index contributed by atoms with van der Waals surface area (Å²) in [4.78, 5) is 4.55. The third kappa shape index (κ3) is 3.79. The molecule has 0 radical (unpaired) electrons. The van der Waals surface area contributed by atoms with Gasteiger partial charge in [-0.25, -0.2) is 4.98 Å². The van der Waals surface area contributed by atoms with Crippen molar-refractivity contribution in [1.82, 2.24) is 9.55 Å². The number of anilines is 1. The predicted octanol–water partition coefficient (Wildman–Crippen LogP) is 7.05. The number of halogens is 2. The molecule has 1 N–H and O–H groups in total. The molecule has 0 aliphatic rings. The van der Waals surface area contributed by atoms with Crippen LogP contribution >= 0.6 is 34.5 Å². The molecule has 4 nitrogen and oxygen atoms in total. The van der Waals surface area contributed by atoms with Gasteiger partial charge in [0.05, 0.1) is 16.4 Å².